The zero-order valence-electron chi connectivity index (χ0n) is 12.9. The number of esters is 2. The molecule has 2 atom stereocenters. The van der Waals surface area contributed by atoms with E-state index >= 15 is 0 Å². The monoisotopic (exact) mass is 341 g/mol. The molecule has 0 heterocycles. The summed E-state index contributed by atoms with van der Waals surface area (Å²) in [6, 6.07) is 0. The van der Waals surface area contributed by atoms with Crippen LogP contribution < -0.4 is 5.73 Å². The number of ether oxygens (including phenoxy) is 2. The summed E-state index contributed by atoms with van der Waals surface area (Å²) in [6.45, 7) is 2.28. The molecular weight excluding hydrogens is 317 g/mol. The molecule has 22 heavy (non-hydrogen) atoms. The first-order valence-corrected chi connectivity index (χ1v) is 8.45. The Bertz CT molecular complexity index is 389. The molecule has 0 saturated heterocycles. The number of nitrogens with two attached hydrogens (primary N) is 1. The number of rotatable bonds is 12. The molecular formula is C12H24NO8P. The molecule has 3 N–H and O–H groups in total. The zero-order valence-corrected chi connectivity index (χ0v) is 13.8. The van der Waals surface area contributed by atoms with Crippen molar-refractivity contribution in [3.8, 4) is 0 Å². The highest BCUT2D eigenvalue weighted by atomic mass is 31.2. The van der Waals surface area contributed by atoms with Gasteiger partial charge in [-0.1, -0.05) is 13.3 Å². The highest BCUT2D eigenvalue weighted by Crippen LogP contribution is 2.42. The number of phosphoric ester groups is 1. The van der Waals surface area contributed by atoms with Gasteiger partial charge in [-0.3, -0.25) is 18.6 Å². The summed E-state index contributed by atoms with van der Waals surface area (Å²) in [5, 5.41) is 0. The van der Waals surface area contributed by atoms with Crippen LogP contribution in [-0.4, -0.2) is 49.3 Å². The molecule has 0 aliphatic rings. The number of carbonyl (C=O) groups is 2. The minimum Gasteiger partial charge on any atom is -0.462 e. The van der Waals surface area contributed by atoms with Crippen molar-refractivity contribution in [3.05, 3.63) is 0 Å². The fourth-order valence-corrected chi connectivity index (χ4v) is 2.08. The van der Waals surface area contributed by atoms with E-state index in [9.17, 15) is 19.0 Å². The minimum absolute atomic E-state index is 0.0519. The lowest BCUT2D eigenvalue weighted by Gasteiger charge is -2.19. The molecule has 1 unspecified atom stereocenters. The molecule has 0 aliphatic heterocycles. The fraction of sp³-hybridized carbons (Fsp3) is 0.833. The van der Waals surface area contributed by atoms with Gasteiger partial charge in [0.2, 0.25) is 0 Å². The van der Waals surface area contributed by atoms with Crippen LogP contribution in [0.4, 0.5) is 0 Å². The van der Waals surface area contributed by atoms with Gasteiger partial charge in [-0.2, -0.15) is 0 Å². The Morgan fingerprint density at radius 3 is 2.50 bits per heavy atom. The summed E-state index contributed by atoms with van der Waals surface area (Å²) >= 11 is 0. The second kappa shape index (κ2) is 11.6. The Labute approximate surface area is 129 Å². The predicted octanol–water partition coefficient (Wildman–Crippen LogP) is 0.744. The number of hydrogen-bond acceptors (Lipinski definition) is 8. The van der Waals surface area contributed by atoms with E-state index in [1.807, 2.05) is 6.92 Å². The van der Waals surface area contributed by atoms with Crippen LogP contribution >= 0.6 is 7.82 Å². The SMILES string of the molecule is CCCCC(=O)OC[C@@H](COP(=O)(O)OCCN)OC(C)=O. The Balaban J connectivity index is 4.31. The second-order valence-electron chi connectivity index (χ2n) is 4.40. The van der Waals surface area contributed by atoms with Gasteiger partial charge < -0.3 is 20.1 Å². The third kappa shape index (κ3) is 11.6. The first-order valence-electron chi connectivity index (χ1n) is 6.95. The van der Waals surface area contributed by atoms with E-state index < -0.39 is 32.5 Å². The lowest BCUT2D eigenvalue weighted by molar-refractivity contribution is -0.159. The molecule has 0 spiro atoms. The average molecular weight is 341 g/mol. The van der Waals surface area contributed by atoms with Gasteiger partial charge in [0, 0.05) is 19.9 Å². The Morgan fingerprint density at radius 1 is 1.27 bits per heavy atom. The van der Waals surface area contributed by atoms with Crippen molar-refractivity contribution in [1.82, 2.24) is 0 Å². The maximum atomic E-state index is 11.4. The third-order valence-electron chi connectivity index (χ3n) is 2.29. The third-order valence-corrected chi connectivity index (χ3v) is 3.28. The van der Waals surface area contributed by atoms with Crippen LogP contribution in [0, 0.1) is 0 Å². The molecule has 9 nitrogen and oxygen atoms in total. The summed E-state index contributed by atoms with van der Waals surface area (Å²) in [5.74, 6) is -1.07. The Kier molecular flexibility index (Phi) is 11.0. The molecule has 0 aromatic rings. The average Bonchev–Trinajstić information content (AvgIpc) is 2.45. The van der Waals surface area contributed by atoms with Gasteiger partial charge in [0.15, 0.2) is 6.10 Å². The van der Waals surface area contributed by atoms with E-state index in [2.05, 4.69) is 9.05 Å². The first-order chi connectivity index (χ1) is 10.3. The zero-order chi connectivity index (χ0) is 17.0. The highest BCUT2D eigenvalue weighted by molar-refractivity contribution is 7.47. The Morgan fingerprint density at radius 2 is 1.95 bits per heavy atom. The van der Waals surface area contributed by atoms with Crippen molar-refractivity contribution < 1.29 is 37.6 Å². The van der Waals surface area contributed by atoms with E-state index in [0.29, 0.717) is 6.42 Å². The van der Waals surface area contributed by atoms with Gasteiger partial charge in [-0.25, -0.2) is 4.57 Å². The molecule has 0 fully saturated rings. The van der Waals surface area contributed by atoms with Gasteiger partial charge in [-0.15, -0.1) is 0 Å². The van der Waals surface area contributed by atoms with Crippen molar-refractivity contribution in [1.29, 1.82) is 0 Å². The molecule has 0 aromatic carbocycles. The van der Waals surface area contributed by atoms with Crippen molar-refractivity contribution in [2.24, 2.45) is 5.73 Å². The molecule has 130 valence electrons. The summed E-state index contributed by atoms with van der Waals surface area (Å²) in [7, 11) is -4.28. The van der Waals surface area contributed by atoms with Gasteiger partial charge in [-0.05, 0) is 6.42 Å². The lowest BCUT2D eigenvalue weighted by atomic mass is 10.2. The standard InChI is InChI=1S/C12H24NO8P/c1-3-4-5-12(15)18-8-11(21-10(2)14)9-20-22(16,17)19-7-6-13/h11H,3-9,13H2,1-2H3,(H,16,17)/t11-/m0/s1. The van der Waals surface area contributed by atoms with Crippen LogP contribution in [0.5, 0.6) is 0 Å². The van der Waals surface area contributed by atoms with E-state index in [1.54, 1.807) is 0 Å². The molecule has 0 saturated carbocycles. The van der Waals surface area contributed by atoms with Crippen molar-refractivity contribution in [2.75, 3.05) is 26.4 Å². The molecule has 0 radical (unpaired) electrons. The topological polar surface area (TPSA) is 134 Å². The molecule has 0 amide bonds. The van der Waals surface area contributed by atoms with Crippen molar-refractivity contribution in [3.63, 3.8) is 0 Å². The van der Waals surface area contributed by atoms with Gasteiger partial charge in [0.25, 0.3) is 0 Å². The van der Waals surface area contributed by atoms with Gasteiger partial charge >= 0.3 is 19.8 Å². The van der Waals surface area contributed by atoms with Crippen LogP contribution in [0.15, 0.2) is 0 Å². The molecule has 0 aliphatic carbocycles. The van der Waals surface area contributed by atoms with Gasteiger partial charge in [0.05, 0.1) is 13.2 Å². The van der Waals surface area contributed by atoms with Crippen molar-refractivity contribution >= 4 is 19.8 Å². The minimum atomic E-state index is -4.28. The molecule has 0 bridgehead atoms. The highest BCUT2D eigenvalue weighted by Gasteiger charge is 2.25. The van der Waals surface area contributed by atoms with E-state index in [4.69, 9.17) is 15.2 Å². The summed E-state index contributed by atoms with van der Waals surface area (Å²) in [5.41, 5.74) is 5.14. The van der Waals surface area contributed by atoms with E-state index in [1.165, 1.54) is 0 Å². The number of phosphoric acid groups is 1. The van der Waals surface area contributed by atoms with Crippen molar-refractivity contribution in [2.45, 2.75) is 39.2 Å². The van der Waals surface area contributed by atoms with Crippen LogP contribution in [0.1, 0.15) is 33.1 Å². The number of unbranched alkanes of at least 4 members (excludes halogenated alkanes) is 1. The van der Waals surface area contributed by atoms with Crippen LogP contribution in [0.3, 0.4) is 0 Å². The van der Waals surface area contributed by atoms with Crippen LogP contribution in [0.2, 0.25) is 0 Å². The fourth-order valence-electron chi connectivity index (χ4n) is 1.31. The van der Waals surface area contributed by atoms with Crippen LogP contribution in [0.25, 0.3) is 0 Å². The maximum absolute atomic E-state index is 11.4. The lowest BCUT2D eigenvalue weighted by Crippen LogP contribution is -2.28. The smallest absolute Gasteiger partial charge is 0.462 e. The number of hydrogen-bond donors (Lipinski definition) is 2. The quantitative estimate of drug-likeness (QED) is 0.389. The van der Waals surface area contributed by atoms with E-state index in [0.717, 1.165) is 13.3 Å². The normalized spacial score (nSPS) is 14.9. The molecule has 10 heteroatoms. The van der Waals surface area contributed by atoms with E-state index in [-0.39, 0.29) is 26.2 Å². The first kappa shape index (κ1) is 21.0. The van der Waals surface area contributed by atoms with Crippen LogP contribution in [-0.2, 0) is 32.7 Å². The Hall–Kier alpha value is -0.990. The summed E-state index contributed by atoms with van der Waals surface area (Å²) in [4.78, 5) is 31.7. The second-order valence-corrected chi connectivity index (χ2v) is 5.86. The number of carbonyl (C=O) groups excluding carboxylic acids is 2. The summed E-state index contributed by atoms with van der Waals surface area (Å²) in [6.07, 6.45) is 0.789. The maximum Gasteiger partial charge on any atom is 0.472 e. The summed E-state index contributed by atoms with van der Waals surface area (Å²) < 4.78 is 30.4. The molecule has 0 aromatic heterocycles. The van der Waals surface area contributed by atoms with Gasteiger partial charge in [0.1, 0.15) is 6.61 Å². The molecule has 0 rings (SSSR count). The predicted molar refractivity (Wildman–Crippen MR) is 76.8 cm³/mol. The largest absolute Gasteiger partial charge is 0.472 e.